The van der Waals surface area contributed by atoms with Crippen LogP contribution in [-0.4, -0.2) is 17.1 Å². The minimum absolute atomic E-state index is 0.852. The van der Waals surface area contributed by atoms with Gasteiger partial charge in [-0.15, -0.1) is 0 Å². The molecule has 0 aliphatic carbocycles. The molecule has 0 atom stereocenters. The molecule has 3 nitrogen and oxygen atoms in total. The molecule has 0 aliphatic rings. The van der Waals surface area contributed by atoms with Crippen molar-refractivity contribution in [1.82, 2.24) is 9.97 Å². The second-order valence-corrected chi connectivity index (χ2v) is 4.48. The highest BCUT2D eigenvalue weighted by Gasteiger charge is 2.02. The van der Waals surface area contributed by atoms with Crippen LogP contribution in [0.3, 0.4) is 0 Å². The Kier molecular flexibility index (Phi) is 3.95. The van der Waals surface area contributed by atoms with Gasteiger partial charge in [-0.1, -0.05) is 18.2 Å². The zero-order chi connectivity index (χ0) is 13.8. The first kappa shape index (κ1) is 13.3. The molecule has 0 spiro atoms. The Morgan fingerprint density at radius 1 is 0.947 bits per heavy atom. The van der Waals surface area contributed by atoms with Crippen molar-refractivity contribution in [3.05, 3.63) is 52.6 Å². The van der Waals surface area contributed by atoms with Gasteiger partial charge in [0, 0.05) is 0 Å². The first-order chi connectivity index (χ1) is 9.10. The van der Waals surface area contributed by atoms with E-state index in [1.807, 2.05) is 57.2 Å². The van der Waals surface area contributed by atoms with Crippen LogP contribution in [0.4, 0.5) is 0 Å². The van der Waals surface area contributed by atoms with E-state index in [4.69, 9.17) is 4.74 Å². The molecule has 1 heterocycles. The number of hydrogen-bond donors (Lipinski definition) is 0. The van der Waals surface area contributed by atoms with E-state index in [-0.39, 0.29) is 0 Å². The van der Waals surface area contributed by atoms with Gasteiger partial charge in [0.1, 0.15) is 5.75 Å². The summed E-state index contributed by atoms with van der Waals surface area (Å²) >= 11 is 0. The lowest BCUT2D eigenvalue weighted by atomic mass is 10.1. The second kappa shape index (κ2) is 5.65. The van der Waals surface area contributed by atoms with Crippen LogP contribution in [0.25, 0.3) is 12.2 Å². The van der Waals surface area contributed by atoms with Crippen molar-refractivity contribution in [2.75, 3.05) is 7.11 Å². The molecule has 0 radical (unpaired) electrons. The molecule has 0 saturated heterocycles. The Bertz CT molecular complexity index is 618. The molecule has 98 valence electrons. The average molecular weight is 254 g/mol. The number of aryl methyl sites for hydroxylation is 3. The maximum absolute atomic E-state index is 5.20. The number of aromatic nitrogens is 2. The van der Waals surface area contributed by atoms with Gasteiger partial charge in [-0.2, -0.15) is 0 Å². The lowest BCUT2D eigenvalue weighted by Crippen LogP contribution is -1.98. The summed E-state index contributed by atoms with van der Waals surface area (Å²) in [5.74, 6) is 0.852. The highest BCUT2D eigenvalue weighted by atomic mass is 16.5. The Hall–Kier alpha value is -2.16. The number of nitrogens with zero attached hydrogens (tertiary/aromatic N) is 2. The topological polar surface area (TPSA) is 35.0 Å². The van der Waals surface area contributed by atoms with E-state index in [0.29, 0.717) is 0 Å². The number of hydrogen-bond acceptors (Lipinski definition) is 3. The van der Waals surface area contributed by atoms with Crippen molar-refractivity contribution in [2.24, 2.45) is 0 Å². The minimum Gasteiger partial charge on any atom is -0.497 e. The summed E-state index contributed by atoms with van der Waals surface area (Å²) in [6, 6.07) is 7.92. The van der Waals surface area contributed by atoms with Gasteiger partial charge in [0.2, 0.25) is 0 Å². The van der Waals surface area contributed by atoms with E-state index >= 15 is 0 Å². The van der Waals surface area contributed by atoms with Crippen LogP contribution in [0.15, 0.2) is 24.3 Å². The quantitative estimate of drug-likeness (QED) is 0.839. The summed E-state index contributed by atoms with van der Waals surface area (Å²) in [5.41, 5.74) is 4.89. The normalized spacial score (nSPS) is 10.9. The van der Waals surface area contributed by atoms with Crippen molar-refractivity contribution >= 4 is 12.2 Å². The summed E-state index contributed by atoms with van der Waals surface area (Å²) < 4.78 is 5.20. The predicted octanol–water partition coefficient (Wildman–Crippen LogP) is 3.58. The fourth-order valence-electron chi connectivity index (χ4n) is 1.81. The molecule has 2 rings (SSSR count). The number of ether oxygens (including phenoxy) is 1. The maximum atomic E-state index is 5.20. The maximum Gasteiger partial charge on any atom is 0.119 e. The van der Waals surface area contributed by atoms with E-state index in [2.05, 4.69) is 9.97 Å². The fourth-order valence-corrected chi connectivity index (χ4v) is 1.81. The van der Waals surface area contributed by atoms with Crippen molar-refractivity contribution in [2.45, 2.75) is 20.8 Å². The molecule has 1 aromatic heterocycles. The number of rotatable bonds is 3. The molecule has 0 aliphatic heterocycles. The van der Waals surface area contributed by atoms with Crippen LogP contribution >= 0.6 is 0 Å². The van der Waals surface area contributed by atoms with E-state index in [0.717, 1.165) is 34.1 Å². The van der Waals surface area contributed by atoms with E-state index in [1.54, 1.807) is 7.11 Å². The Morgan fingerprint density at radius 3 is 2.42 bits per heavy atom. The van der Waals surface area contributed by atoms with Crippen LogP contribution < -0.4 is 4.74 Å². The van der Waals surface area contributed by atoms with Gasteiger partial charge in [0.15, 0.2) is 0 Å². The van der Waals surface area contributed by atoms with Gasteiger partial charge >= 0.3 is 0 Å². The Labute approximate surface area is 114 Å². The van der Waals surface area contributed by atoms with Crippen molar-refractivity contribution in [3.8, 4) is 5.75 Å². The second-order valence-electron chi connectivity index (χ2n) is 4.48. The van der Waals surface area contributed by atoms with Crippen LogP contribution in [0, 0.1) is 20.8 Å². The molecule has 0 unspecified atom stereocenters. The summed E-state index contributed by atoms with van der Waals surface area (Å²) in [5, 5.41) is 0. The van der Waals surface area contributed by atoms with E-state index < -0.39 is 0 Å². The molecule has 19 heavy (non-hydrogen) atoms. The summed E-state index contributed by atoms with van der Waals surface area (Å²) in [6.07, 6.45) is 4.01. The molecule has 0 N–H and O–H groups in total. The highest BCUT2D eigenvalue weighted by molar-refractivity contribution is 5.69. The SMILES string of the molecule is COc1cccc(C=Cc2nc(C)c(C)nc2C)c1. The van der Waals surface area contributed by atoms with Crippen molar-refractivity contribution < 1.29 is 4.74 Å². The van der Waals surface area contributed by atoms with E-state index in [9.17, 15) is 0 Å². The summed E-state index contributed by atoms with van der Waals surface area (Å²) in [6.45, 7) is 5.93. The molecule has 0 amide bonds. The Balaban J connectivity index is 2.29. The third-order valence-electron chi connectivity index (χ3n) is 3.05. The standard InChI is InChI=1S/C16H18N2O/c1-11-12(2)18-16(13(3)17-11)9-8-14-6-5-7-15(10-14)19-4/h5-10H,1-4H3. The number of methoxy groups -OCH3 is 1. The smallest absolute Gasteiger partial charge is 0.119 e. The van der Waals surface area contributed by atoms with Crippen molar-refractivity contribution in [1.29, 1.82) is 0 Å². The third kappa shape index (κ3) is 3.19. The molecular formula is C16H18N2O. The van der Waals surface area contributed by atoms with Gasteiger partial charge in [0.25, 0.3) is 0 Å². The Morgan fingerprint density at radius 2 is 1.68 bits per heavy atom. The van der Waals surface area contributed by atoms with E-state index in [1.165, 1.54) is 0 Å². The van der Waals surface area contributed by atoms with Crippen LogP contribution in [0.2, 0.25) is 0 Å². The highest BCUT2D eigenvalue weighted by Crippen LogP contribution is 2.16. The van der Waals surface area contributed by atoms with Gasteiger partial charge in [0.05, 0.1) is 29.9 Å². The number of benzene rings is 1. The molecular weight excluding hydrogens is 236 g/mol. The molecule has 0 fully saturated rings. The molecule has 1 aromatic carbocycles. The summed E-state index contributed by atoms with van der Waals surface area (Å²) in [7, 11) is 1.67. The average Bonchev–Trinajstić information content (AvgIpc) is 2.41. The van der Waals surface area contributed by atoms with Gasteiger partial charge in [-0.05, 0) is 44.5 Å². The predicted molar refractivity (Wildman–Crippen MR) is 78.2 cm³/mol. The van der Waals surface area contributed by atoms with Crippen LogP contribution in [-0.2, 0) is 0 Å². The molecule has 0 saturated carbocycles. The largest absolute Gasteiger partial charge is 0.497 e. The third-order valence-corrected chi connectivity index (χ3v) is 3.05. The first-order valence-corrected chi connectivity index (χ1v) is 6.24. The first-order valence-electron chi connectivity index (χ1n) is 6.24. The molecule has 0 bridgehead atoms. The van der Waals surface area contributed by atoms with Gasteiger partial charge in [-0.3, -0.25) is 4.98 Å². The van der Waals surface area contributed by atoms with Gasteiger partial charge in [-0.25, -0.2) is 4.98 Å². The zero-order valence-electron chi connectivity index (χ0n) is 11.8. The summed E-state index contributed by atoms with van der Waals surface area (Å²) in [4.78, 5) is 9.03. The lowest BCUT2D eigenvalue weighted by Gasteiger charge is -2.04. The zero-order valence-corrected chi connectivity index (χ0v) is 11.8. The monoisotopic (exact) mass is 254 g/mol. The van der Waals surface area contributed by atoms with Crippen molar-refractivity contribution in [3.63, 3.8) is 0 Å². The van der Waals surface area contributed by atoms with Gasteiger partial charge < -0.3 is 4.74 Å². The fraction of sp³-hybridized carbons (Fsp3) is 0.250. The molecule has 3 heteroatoms. The minimum atomic E-state index is 0.852. The van der Waals surface area contributed by atoms with Crippen LogP contribution in [0.1, 0.15) is 28.3 Å². The molecule has 2 aromatic rings. The van der Waals surface area contributed by atoms with Crippen LogP contribution in [0.5, 0.6) is 5.75 Å². The lowest BCUT2D eigenvalue weighted by molar-refractivity contribution is 0.414.